The Balaban J connectivity index is 2.26. The average Bonchev–Trinajstić information content (AvgIpc) is 2.87. The SMILES string of the molecule is COCC(N)c1nc2ccc(F)cc2n1-c1ccccn1. The third-order valence-corrected chi connectivity index (χ3v) is 3.20. The van der Waals surface area contributed by atoms with Crippen LogP contribution in [0.25, 0.3) is 16.9 Å². The minimum atomic E-state index is -0.424. The van der Waals surface area contributed by atoms with Crippen LogP contribution < -0.4 is 5.73 Å². The van der Waals surface area contributed by atoms with Gasteiger partial charge in [0.2, 0.25) is 0 Å². The van der Waals surface area contributed by atoms with Crippen molar-refractivity contribution < 1.29 is 9.13 Å². The Labute approximate surface area is 121 Å². The molecule has 0 aliphatic carbocycles. The molecule has 0 fully saturated rings. The van der Waals surface area contributed by atoms with Gasteiger partial charge in [-0.05, 0) is 24.3 Å². The predicted octanol–water partition coefficient (Wildman–Crippen LogP) is 2.21. The van der Waals surface area contributed by atoms with Gasteiger partial charge in [0.15, 0.2) is 0 Å². The molecule has 0 aliphatic heterocycles. The van der Waals surface area contributed by atoms with Gasteiger partial charge in [0.05, 0.1) is 23.7 Å². The van der Waals surface area contributed by atoms with E-state index >= 15 is 0 Å². The molecule has 0 saturated carbocycles. The molecule has 1 aromatic carbocycles. The molecule has 3 aromatic rings. The number of hydrogen-bond acceptors (Lipinski definition) is 4. The van der Waals surface area contributed by atoms with Crippen LogP contribution in [0, 0.1) is 5.82 Å². The monoisotopic (exact) mass is 286 g/mol. The average molecular weight is 286 g/mol. The number of methoxy groups -OCH3 is 1. The lowest BCUT2D eigenvalue weighted by molar-refractivity contribution is 0.178. The molecule has 0 aliphatic rings. The van der Waals surface area contributed by atoms with E-state index in [2.05, 4.69) is 9.97 Å². The maximum Gasteiger partial charge on any atom is 0.138 e. The smallest absolute Gasteiger partial charge is 0.138 e. The first-order valence-corrected chi connectivity index (χ1v) is 6.54. The van der Waals surface area contributed by atoms with Crippen molar-refractivity contribution in [2.75, 3.05) is 13.7 Å². The molecule has 2 heterocycles. The number of halogens is 1. The second-order valence-electron chi connectivity index (χ2n) is 4.69. The highest BCUT2D eigenvalue weighted by molar-refractivity contribution is 5.78. The van der Waals surface area contributed by atoms with Crippen molar-refractivity contribution in [2.45, 2.75) is 6.04 Å². The van der Waals surface area contributed by atoms with Crippen molar-refractivity contribution in [3.8, 4) is 5.82 Å². The quantitative estimate of drug-likeness (QED) is 0.798. The molecule has 21 heavy (non-hydrogen) atoms. The second kappa shape index (κ2) is 5.59. The zero-order valence-corrected chi connectivity index (χ0v) is 11.5. The summed E-state index contributed by atoms with van der Waals surface area (Å²) in [7, 11) is 1.58. The fraction of sp³-hybridized carbons (Fsp3) is 0.200. The number of ether oxygens (including phenoxy) is 1. The van der Waals surface area contributed by atoms with Crippen LogP contribution in [0.1, 0.15) is 11.9 Å². The number of imidazole rings is 1. The molecule has 1 unspecified atom stereocenters. The molecular weight excluding hydrogens is 271 g/mol. The number of hydrogen-bond donors (Lipinski definition) is 1. The molecule has 2 N–H and O–H groups in total. The van der Waals surface area contributed by atoms with Gasteiger partial charge in [-0.3, -0.25) is 4.57 Å². The van der Waals surface area contributed by atoms with Gasteiger partial charge in [-0.2, -0.15) is 0 Å². The maximum atomic E-state index is 13.6. The summed E-state index contributed by atoms with van der Waals surface area (Å²) in [6.45, 7) is 0.318. The largest absolute Gasteiger partial charge is 0.383 e. The van der Waals surface area contributed by atoms with E-state index in [0.29, 0.717) is 29.3 Å². The zero-order chi connectivity index (χ0) is 14.8. The van der Waals surface area contributed by atoms with E-state index in [1.807, 2.05) is 18.2 Å². The van der Waals surface area contributed by atoms with Crippen molar-refractivity contribution in [1.29, 1.82) is 0 Å². The fourth-order valence-electron chi connectivity index (χ4n) is 2.30. The molecule has 6 heteroatoms. The maximum absolute atomic E-state index is 13.6. The molecular formula is C15H15FN4O. The van der Waals surface area contributed by atoms with Crippen LogP contribution in [-0.2, 0) is 4.74 Å². The Bertz CT molecular complexity index is 757. The van der Waals surface area contributed by atoms with E-state index in [1.54, 1.807) is 23.9 Å². The van der Waals surface area contributed by atoms with E-state index in [-0.39, 0.29) is 5.82 Å². The molecule has 0 amide bonds. The highest BCUT2D eigenvalue weighted by Crippen LogP contribution is 2.24. The fourth-order valence-corrected chi connectivity index (χ4v) is 2.30. The first-order chi connectivity index (χ1) is 10.2. The van der Waals surface area contributed by atoms with Gasteiger partial charge in [0.25, 0.3) is 0 Å². The van der Waals surface area contributed by atoms with Crippen molar-refractivity contribution >= 4 is 11.0 Å². The van der Waals surface area contributed by atoms with Gasteiger partial charge in [-0.25, -0.2) is 14.4 Å². The van der Waals surface area contributed by atoms with Gasteiger partial charge in [-0.1, -0.05) is 6.07 Å². The highest BCUT2D eigenvalue weighted by Gasteiger charge is 2.19. The number of pyridine rings is 1. The Hall–Kier alpha value is -2.31. The third-order valence-electron chi connectivity index (χ3n) is 3.20. The van der Waals surface area contributed by atoms with Crippen LogP contribution in [0.3, 0.4) is 0 Å². The molecule has 2 aromatic heterocycles. The summed E-state index contributed by atoms with van der Waals surface area (Å²) >= 11 is 0. The summed E-state index contributed by atoms with van der Waals surface area (Å²) in [5.41, 5.74) is 7.42. The predicted molar refractivity (Wildman–Crippen MR) is 77.6 cm³/mol. The van der Waals surface area contributed by atoms with E-state index in [0.717, 1.165) is 0 Å². The first-order valence-electron chi connectivity index (χ1n) is 6.54. The summed E-state index contributed by atoms with van der Waals surface area (Å²) in [5, 5.41) is 0. The highest BCUT2D eigenvalue weighted by atomic mass is 19.1. The van der Waals surface area contributed by atoms with Gasteiger partial charge < -0.3 is 10.5 Å². The van der Waals surface area contributed by atoms with E-state index in [4.69, 9.17) is 10.5 Å². The summed E-state index contributed by atoms with van der Waals surface area (Å²) in [5.74, 6) is 0.912. The number of aromatic nitrogens is 3. The second-order valence-corrected chi connectivity index (χ2v) is 4.69. The molecule has 0 saturated heterocycles. The lowest BCUT2D eigenvalue weighted by atomic mass is 10.3. The van der Waals surface area contributed by atoms with E-state index in [9.17, 15) is 4.39 Å². The molecule has 0 spiro atoms. The van der Waals surface area contributed by atoms with Crippen LogP contribution in [0.5, 0.6) is 0 Å². The number of nitrogens with zero attached hydrogens (tertiary/aromatic N) is 3. The topological polar surface area (TPSA) is 66.0 Å². The third kappa shape index (κ3) is 2.51. The summed E-state index contributed by atoms with van der Waals surface area (Å²) in [4.78, 5) is 8.81. The van der Waals surface area contributed by atoms with Crippen LogP contribution in [-0.4, -0.2) is 28.3 Å². The van der Waals surface area contributed by atoms with Crippen molar-refractivity contribution in [1.82, 2.24) is 14.5 Å². The van der Waals surface area contributed by atoms with Crippen LogP contribution in [0.15, 0.2) is 42.6 Å². The molecule has 108 valence electrons. The van der Waals surface area contributed by atoms with E-state index in [1.165, 1.54) is 12.1 Å². The molecule has 5 nitrogen and oxygen atoms in total. The summed E-state index contributed by atoms with van der Waals surface area (Å²) in [6.07, 6.45) is 1.67. The standard InChI is InChI=1S/C15H15FN4O/c1-21-9-11(17)15-19-12-6-5-10(16)8-13(12)20(15)14-4-2-3-7-18-14/h2-8,11H,9,17H2,1H3. The molecule has 0 bridgehead atoms. The minimum Gasteiger partial charge on any atom is -0.383 e. The van der Waals surface area contributed by atoms with Crippen LogP contribution in [0.2, 0.25) is 0 Å². The van der Waals surface area contributed by atoms with Gasteiger partial charge >= 0.3 is 0 Å². The molecule has 3 rings (SSSR count). The van der Waals surface area contributed by atoms with E-state index < -0.39 is 6.04 Å². The van der Waals surface area contributed by atoms with Gasteiger partial charge in [-0.15, -0.1) is 0 Å². The Morgan fingerprint density at radius 3 is 2.90 bits per heavy atom. The lowest BCUT2D eigenvalue weighted by Gasteiger charge is -2.13. The van der Waals surface area contributed by atoms with Gasteiger partial charge in [0, 0.05) is 19.4 Å². The Kier molecular flexibility index (Phi) is 3.64. The van der Waals surface area contributed by atoms with Gasteiger partial charge in [0.1, 0.15) is 17.5 Å². The Morgan fingerprint density at radius 1 is 1.33 bits per heavy atom. The molecule has 1 atom stereocenters. The number of benzene rings is 1. The summed E-state index contributed by atoms with van der Waals surface area (Å²) < 4.78 is 20.4. The van der Waals surface area contributed by atoms with Crippen molar-refractivity contribution in [2.24, 2.45) is 5.73 Å². The van der Waals surface area contributed by atoms with Crippen molar-refractivity contribution in [3.63, 3.8) is 0 Å². The number of rotatable bonds is 4. The minimum absolute atomic E-state index is 0.318. The first kappa shape index (κ1) is 13.7. The summed E-state index contributed by atoms with van der Waals surface area (Å²) in [6, 6.07) is 9.52. The number of fused-ring (bicyclic) bond motifs is 1. The van der Waals surface area contributed by atoms with Crippen LogP contribution in [0.4, 0.5) is 4.39 Å². The lowest BCUT2D eigenvalue weighted by Crippen LogP contribution is -2.21. The molecule has 0 radical (unpaired) electrons. The number of nitrogens with two attached hydrogens (primary N) is 1. The van der Waals surface area contributed by atoms with Crippen LogP contribution >= 0.6 is 0 Å². The Morgan fingerprint density at radius 2 is 2.19 bits per heavy atom. The van der Waals surface area contributed by atoms with Crippen molar-refractivity contribution in [3.05, 3.63) is 54.2 Å². The normalized spacial score (nSPS) is 12.7. The zero-order valence-electron chi connectivity index (χ0n) is 11.5.